The van der Waals surface area contributed by atoms with Crippen LogP contribution >= 0.6 is 0 Å². The molecule has 2 atom stereocenters. The van der Waals surface area contributed by atoms with E-state index >= 15 is 0 Å². The minimum atomic E-state index is 0.389. The van der Waals surface area contributed by atoms with Gasteiger partial charge in [-0.2, -0.15) is 0 Å². The number of nitrogens with zero attached hydrogens (tertiary/aromatic N) is 1. The minimum absolute atomic E-state index is 0.389. The molecule has 2 heteroatoms. The summed E-state index contributed by atoms with van der Waals surface area (Å²) in [5, 5.41) is 2.60. The van der Waals surface area contributed by atoms with Crippen LogP contribution in [0.25, 0.3) is 10.8 Å². The van der Waals surface area contributed by atoms with E-state index in [1.165, 1.54) is 16.3 Å². The van der Waals surface area contributed by atoms with E-state index in [2.05, 4.69) is 68.4 Å². The molecule has 2 aromatic rings. The van der Waals surface area contributed by atoms with Gasteiger partial charge in [0.15, 0.2) is 0 Å². The Hall–Kier alpha value is -1.38. The van der Waals surface area contributed by atoms with Gasteiger partial charge in [0.1, 0.15) is 0 Å². The fourth-order valence-electron chi connectivity index (χ4n) is 2.90. The molecular weight excluding hydrogens is 232 g/mol. The van der Waals surface area contributed by atoms with Crippen LogP contribution in [-0.4, -0.2) is 25.5 Å². The van der Waals surface area contributed by atoms with Crippen molar-refractivity contribution in [3.05, 3.63) is 48.0 Å². The van der Waals surface area contributed by atoms with Crippen LogP contribution in [0.1, 0.15) is 24.9 Å². The van der Waals surface area contributed by atoms with E-state index in [0.717, 1.165) is 13.0 Å². The first-order valence-corrected chi connectivity index (χ1v) is 7.02. The van der Waals surface area contributed by atoms with Gasteiger partial charge in [0, 0.05) is 6.04 Å². The summed E-state index contributed by atoms with van der Waals surface area (Å²) in [6, 6.07) is 15.7. The van der Waals surface area contributed by atoms with Gasteiger partial charge in [-0.25, -0.2) is 0 Å². The second-order valence-electron chi connectivity index (χ2n) is 5.42. The lowest BCUT2D eigenvalue weighted by atomic mass is 9.89. The highest BCUT2D eigenvalue weighted by atomic mass is 15.1. The number of hydrogen-bond donors (Lipinski definition) is 1. The molecule has 0 aromatic heterocycles. The first-order valence-electron chi connectivity index (χ1n) is 7.02. The largest absolute Gasteiger partial charge is 0.330 e. The summed E-state index contributed by atoms with van der Waals surface area (Å²) in [4.78, 5) is 2.28. The van der Waals surface area contributed by atoms with Crippen molar-refractivity contribution < 1.29 is 0 Å². The first-order chi connectivity index (χ1) is 9.17. The van der Waals surface area contributed by atoms with Gasteiger partial charge in [0.2, 0.25) is 0 Å². The number of rotatable bonds is 5. The van der Waals surface area contributed by atoms with Crippen molar-refractivity contribution in [3.63, 3.8) is 0 Å². The molecule has 2 nitrogen and oxygen atoms in total. The predicted octanol–water partition coefficient (Wildman–Crippen LogP) is 3.43. The Morgan fingerprint density at radius 2 is 1.74 bits per heavy atom. The van der Waals surface area contributed by atoms with E-state index in [4.69, 9.17) is 5.73 Å². The maximum Gasteiger partial charge on any atom is 0.0382 e. The molecule has 0 fully saturated rings. The Morgan fingerprint density at radius 3 is 2.32 bits per heavy atom. The number of hydrogen-bond acceptors (Lipinski definition) is 2. The van der Waals surface area contributed by atoms with Gasteiger partial charge in [-0.15, -0.1) is 0 Å². The predicted molar refractivity (Wildman–Crippen MR) is 83.2 cm³/mol. The fourth-order valence-corrected chi connectivity index (χ4v) is 2.90. The quantitative estimate of drug-likeness (QED) is 0.888. The van der Waals surface area contributed by atoms with Crippen LogP contribution in [-0.2, 0) is 0 Å². The Bertz CT molecular complexity index is 530. The van der Waals surface area contributed by atoms with Gasteiger partial charge in [0.05, 0.1) is 0 Å². The van der Waals surface area contributed by atoms with Crippen LogP contribution in [0.2, 0.25) is 0 Å². The van der Waals surface area contributed by atoms with Crippen LogP contribution < -0.4 is 5.73 Å². The number of fused-ring (bicyclic) bond motifs is 1. The lowest BCUT2D eigenvalue weighted by Crippen LogP contribution is -2.31. The molecule has 19 heavy (non-hydrogen) atoms. The minimum Gasteiger partial charge on any atom is -0.330 e. The highest BCUT2D eigenvalue weighted by Gasteiger charge is 2.22. The third kappa shape index (κ3) is 2.96. The molecule has 2 N–H and O–H groups in total. The molecule has 0 saturated heterocycles. The highest BCUT2D eigenvalue weighted by molar-refractivity contribution is 5.83. The van der Waals surface area contributed by atoms with Crippen molar-refractivity contribution >= 4 is 10.8 Å². The van der Waals surface area contributed by atoms with E-state index < -0.39 is 0 Å². The normalized spacial score (nSPS) is 14.8. The number of nitrogens with two attached hydrogens (primary N) is 1. The molecule has 0 aliphatic rings. The van der Waals surface area contributed by atoms with Gasteiger partial charge in [-0.3, -0.25) is 0 Å². The van der Waals surface area contributed by atoms with Crippen molar-refractivity contribution in [3.8, 4) is 0 Å². The van der Waals surface area contributed by atoms with E-state index in [1.54, 1.807) is 0 Å². The maximum absolute atomic E-state index is 5.95. The summed E-state index contributed by atoms with van der Waals surface area (Å²) in [6.07, 6.45) is 1.10. The lowest BCUT2D eigenvalue weighted by molar-refractivity contribution is 0.211. The van der Waals surface area contributed by atoms with E-state index in [0.29, 0.717) is 12.0 Å². The molecule has 0 amide bonds. The van der Waals surface area contributed by atoms with Gasteiger partial charge < -0.3 is 10.6 Å². The summed E-state index contributed by atoms with van der Waals surface area (Å²) in [7, 11) is 4.27. The van der Waals surface area contributed by atoms with Gasteiger partial charge in [0.25, 0.3) is 0 Å². The second-order valence-corrected chi connectivity index (χ2v) is 5.42. The Labute approximate surface area is 116 Å². The molecule has 0 aliphatic carbocycles. The first kappa shape index (κ1) is 14.0. The summed E-state index contributed by atoms with van der Waals surface area (Å²) in [5.74, 6) is 0.496. The van der Waals surface area contributed by atoms with E-state index in [-0.39, 0.29) is 0 Å². The molecule has 0 saturated carbocycles. The standard InChI is InChI=1S/C17H24N2/c1-4-13(12-18)17(19(2)3)16-10-9-14-7-5-6-8-15(14)11-16/h5-11,13,17H,4,12,18H2,1-3H3. The Morgan fingerprint density at radius 1 is 1.05 bits per heavy atom. The highest BCUT2D eigenvalue weighted by Crippen LogP contribution is 2.30. The molecular formula is C17H24N2. The van der Waals surface area contributed by atoms with Crippen molar-refractivity contribution in [2.45, 2.75) is 19.4 Å². The zero-order valence-corrected chi connectivity index (χ0v) is 12.1. The van der Waals surface area contributed by atoms with Crippen LogP contribution in [0.3, 0.4) is 0 Å². The summed E-state index contributed by atoms with van der Waals surface area (Å²) in [6.45, 7) is 2.95. The monoisotopic (exact) mass is 256 g/mol. The van der Waals surface area contributed by atoms with Crippen LogP contribution in [0, 0.1) is 5.92 Å². The van der Waals surface area contributed by atoms with E-state index in [9.17, 15) is 0 Å². The molecule has 0 radical (unpaired) electrons. The molecule has 102 valence electrons. The van der Waals surface area contributed by atoms with Crippen molar-refractivity contribution in [2.24, 2.45) is 11.7 Å². The number of benzene rings is 2. The zero-order valence-electron chi connectivity index (χ0n) is 12.1. The third-order valence-corrected chi connectivity index (χ3v) is 3.95. The molecule has 0 spiro atoms. The maximum atomic E-state index is 5.95. The van der Waals surface area contributed by atoms with Crippen LogP contribution in [0.5, 0.6) is 0 Å². The van der Waals surface area contributed by atoms with Crippen molar-refractivity contribution in [1.29, 1.82) is 0 Å². The topological polar surface area (TPSA) is 29.3 Å². The van der Waals surface area contributed by atoms with Crippen LogP contribution in [0.4, 0.5) is 0 Å². The average Bonchev–Trinajstić information content (AvgIpc) is 2.43. The van der Waals surface area contributed by atoms with Gasteiger partial charge in [-0.05, 0) is 49.0 Å². The summed E-state index contributed by atoms with van der Waals surface area (Å²) >= 11 is 0. The fraction of sp³-hybridized carbons (Fsp3) is 0.412. The molecule has 0 aliphatic heterocycles. The third-order valence-electron chi connectivity index (χ3n) is 3.95. The van der Waals surface area contributed by atoms with Crippen LogP contribution in [0.15, 0.2) is 42.5 Å². The zero-order chi connectivity index (χ0) is 13.8. The SMILES string of the molecule is CCC(CN)C(c1ccc2ccccc2c1)N(C)C. The van der Waals surface area contributed by atoms with Crippen molar-refractivity contribution in [2.75, 3.05) is 20.6 Å². The van der Waals surface area contributed by atoms with Gasteiger partial charge in [-0.1, -0.05) is 49.7 Å². The average molecular weight is 256 g/mol. The van der Waals surface area contributed by atoms with E-state index in [1.807, 2.05) is 0 Å². The molecule has 2 rings (SSSR count). The Kier molecular flexibility index (Phi) is 4.56. The molecule has 2 unspecified atom stereocenters. The summed E-state index contributed by atoms with van der Waals surface area (Å²) in [5.41, 5.74) is 7.31. The lowest BCUT2D eigenvalue weighted by Gasteiger charge is -2.31. The van der Waals surface area contributed by atoms with Gasteiger partial charge >= 0.3 is 0 Å². The second kappa shape index (κ2) is 6.18. The molecule has 0 bridgehead atoms. The smallest absolute Gasteiger partial charge is 0.0382 e. The Balaban J connectivity index is 2.44. The molecule has 0 heterocycles. The molecule has 2 aromatic carbocycles. The van der Waals surface area contributed by atoms with Crippen molar-refractivity contribution in [1.82, 2.24) is 4.90 Å². The summed E-state index contributed by atoms with van der Waals surface area (Å²) < 4.78 is 0.